The average molecular weight is 334 g/mol. The lowest BCUT2D eigenvalue weighted by Gasteiger charge is -2.10. The lowest BCUT2D eigenvalue weighted by molar-refractivity contribution is 0.103. The minimum Gasteiger partial charge on any atom is -0.288 e. The van der Waals surface area contributed by atoms with Crippen LogP contribution in [0.4, 0.5) is 0 Å². The molecule has 2 aromatic rings. The number of aryl methyl sites for hydroxylation is 1. The van der Waals surface area contributed by atoms with E-state index < -0.39 is 0 Å². The lowest BCUT2D eigenvalue weighted by Crippen LogP contribution is -2.06. The van der Waals surface area contributed by atoms with E-state index in [-0.39, 0.29) is 21.4 Å². The van der Waals surface area contributed by atoms with Gasteiger partial charge in [-0.3, -0.25) is 4.79 Å². The summed E-state index contributed by atoms with van der Waals surface area (Å²) in [6.07, 6.45) is 0. The Bertz CT molecular complexity index is 621. The van der Waals surface area contributed by atoms with Crippen molar-refractivity contribution in [2.45, 2.75) is 6.92 Å². The molecule has 0 aliphatic carbocycles. The molecule has 5 heteroatoms. The highest BCUT2D eigenvalue weighted by atomic mass is 35.5. The van der Waals surface area contributed by atoms with E-state index in [1.165, 1.54) is 12.1 Å². The summed E-state index contributed by atoms with van der Waals surface area (Å²) in [6.45, 7) is 1.80. The molecule has 0 bridgehead atoms. The molecule has 19 heavy (non-hydrogen) atoms. The summed E-state index contributed by atoms with van der Waals surface area (Å²) in [4.78, 5) is 12.5. The first-order valence-electron chi connectivity index (χ1n) is 5.36. The molecule has 1 nitrogen and oxygen atoms in total. The van der Waals surface area contributed by atoms with Crippen LogP contribution in [0.1, 0.15) is 21.5 Å². The summed E-state index contributed by atoms with van der Waals surface area (Å²) < 4.78 is 0. The van der Waals surface area contributed by atoms with Crippen molar-refractivity contribution in [2.75, 3.05) is 0 Å². The number of benzene rings is 2. The van der Waals surface area contributed by atoms with Gasteiger partial charge in [-0.05, 0) is 30.7 Å². The van der Waals surface area contributed by atoms with Crippen LogP contribution in [-0.2, 0) is 0 Å². The van der Waals surface area contributed by atoms with Crippen LogP contribution in [0.2, 0.25) is 20.1 Å². The molecule has 0 fully saturated rings. The third-order valence-electron chi connectivity index (χ3n) is 2.68. The molecular formula is C14H8Cl4O. The van der Waals surface area contributed by atoms with Crippen molar-refractivity contribution in [1.82, 2.24) is 0 Å². The van der Waals surface area contributed by atoms with Gasteiger partial charge in [-0.25, -0.2) is 0 Å². The summed E-state index contributed by atoms with van der Waals surface area (Å²) in [5.41, 5.74) is 1.37. The highest BCUT2D eigenvalue weighted by molar-refractivity contribution is 6.44. The fourth-order valence-electron chi connectivity index (χ4n) is 1.80. The molecule has 0 saturated carbocycles. The molecule has 0 aromatic heterocycles. The van der Waals surface area contributed by atoms with Crippen molar-refractivity contribution >= 4 is 52.2 Å². The topological polar surface area (TPSA) is 17.1 Å². The summed E-state index contributed by atoms with van der Waals surface area (Å²) in [5, 5.41) is 1.16. The number of carbonyl (C=O) groups excluding carboxylic acids is 1. The van der Waals surface area contributed by atoms with E-state index in [1.807, 2.05) is 0 Å². The van der Waals surface area contributed by atoms with E-state index >= 15 is 0 Å². The summed E-state index contributed by atoms with van der Waals surface area (Å²) in [6, 6.07) is 8.19. The number of carbonyl (C=O) groups is 1. The van der Waals surface area contributed by atoms with E-state index in [2.05, 4.69) is 0 Å². The zero-order valence-corrected chi connectivity index (χ0v) is 12.8. The number of rotatable bonds is 2. The Labute approximate surface area is 131 Å². The highest BCUT2D eigenvalue weighted by Crippen LogP contribution is 2.33. The first-order valence-corrected chi connectivity index (χ1v) is 6.87. The molecule has 0 amide bonds. The van der Waals surface area contributed by atoms with Gasteiger partial charge in [-0.15, -0.1) is 0 Å². The second kappa shape index (κ2) is 5.72. The van der Waals surface area contributed by atoms with Crippen LogP contribution in [0.5, 0.6) is 0 Å². The van der Waals surface area contributed by atoms with Gasteiger partial charge in [-0.2, -0.15) is 0 Å². The molecule has 2 rings (SSSR count). The fourth-order valence-corrected chi connectivity index (χ4v) is 3.10. The molecule has 0 heterocycles. The van der Waals surface area contributed by atoms with Gasteiger partial charge < -0.3 is 0 Å². The lowest BCUT2D eigenvalue weighted by atomic mass is 9.99. The minimum absolute atomic E-state index is 0.210. The largest absolute Gasteiger partial charge is 0.288 e. The van der Waals surface area contributed by atoms with Crippen molar-refractivity contribution in [3.8, 4) is 0 Å². The van der Waals surface area contributed by atoms with Crippen molar-refractivity contribution in [3.63, 3.8) is 0 Å². The number of hydrogen-bond acceptors (Lipinski definition) is 1. The van der Waals surface area contributed by atoms with Gasteiger partial charge in [0.2, 0.25) is 0 Å². The smallest absolute Gasteiger partial charge is 0.197 e. The van der Waals surface area contributed by atoms with E-state index in [0.717, 1.165) is 5.56 Å². The average Bonchev–Trinajstić information content (AvgIpc) is 2.26. The number of halogens is 4. The predicted octanol–water partition coefficient (Wildman–Crippen LogP) is 5.84. The first-order chi connectivity index (χ1) is 8.91. The van der Waals surface area contributed by atoms with Crippen LogP contribution in [0.15, 0.2) is 30.3 Å². The van der Waals surface area contributed by atoms with E-state index in [1.54, 1.807) is 25.1 Å². The molecule has 0 aliphatic rings. The van der Waals surface area contributed by atoms with Gasteiger partial charge in [0.05, 0.1) is 20.6 Å². The van der Waals surface area contributed by atoms with Crippen molar-refractivity contribution in [3.05, 3.63) is 67.1 Å². The summed E-state index contributed by atoms with van der Waals surface area (Å²) in [7, 11) is 0. The highest BCUT2D eigenvalue weighted by Gasteiger charge is 2.21. The monoisotopic (exact) mass is 332 g/mol. The molecule has 0 atom stereocenters. The second-order valence-corrected chi connectivity index (χ2v) is 5.66. The van der Waals surface area contributed by atoms with E-state index in [9.17, 15) is 4.79 Å². The maximum absolute atomic E-state index is 12.5. The van der Waals surface area contributed by atoms with E-state index in [4.69, 9.17) is 46.4 Å². The first kappa shape index (κ1) is 14.7. The van der Waals surface area contributed by atoms with Crippen molar-refractivity contribution in [1.29, 1.82) is 0 Å². The Morgan fingerprint density at radius 1 is 0.895 bits per heavy atom. The molecule has 2 aromatic carbocycles. The molecule has 0 N–H and O–H groups in total. The second-order valence-electron chi connectivity index (χ2n) is 4.01. The molecule has 0 spiro atoms. The molecule has 0 saturated heterocycles. The molecule has 0 unspecified atom stereocenters. The predicted molar refractivity (Wildman–Crippen MR) is 81.1 cm³/mol. The van der Waals surface area contributed by atoms with Gasteiger partial charge in [0.1, 0.15) is 0 Å². The van der Waals surface area contributed by atoms with Gasteiger partial charge in [0.25, 0.3) is 0 Å². The standard InChI is InChI=1S/C14H8Cl4O/c1-7-3-2-4-9(16)12(7)14(19)13-10(17)5-8(15)6-11(13)18/h2-6H,1H3. The van der Waals surface area contributed by atoms with Crippen LogP contribution in [0.25, 0.3) is 0 Å². The van der Waals surface area contributed by atoms with Crippen LogP contribution < -0.4 is 0 Å². The van der Waals surface area contributed by atoms with Gasteiger partial charge in [-0.1, -0.05) is 58.5 Å². The fraction of sp³-hybridized carbons (Fsp3) is 0.0714. The zero-order valence-electron chi connectivity index (χ0n) is 9.81. The van der Waals surface area contributed by atoms with Crippen LogP contribution >= 0.6 is 46.4 Å². The molecule has 0 radical (unpaired) electrons. The summed E-state index contributed by atoms with van der Waals surface area (Å²) in [5.74, 6) is -0.310. The van der Waals surface area contributed by atoms with Crippen molar-refractivity contribution in [2.24, 2.45) is 0 Å². The maximum atomic E-state index is 12.5. The Kier molecular flexibility index (Phi) is 4.42. The van der Waals surface area contributed by atoms with Crippen molar-refractivity contribution < 1.29 is 4.79 Å². The van der Waals surface area contributed by atoms with Crippen LogP contribution in [-0.4, -0.2) is 5.78 Å². The summed E-state index contributed by atoms with van der Waals surface area (Å²) >= 11 is 24.0. The molecule has 0 aliphatic heterocycles. The third-order valence-corrected chi connectivity index (χ3v) is 3.81. The Morgan fingerprint density at radius 2 is 1.47 bits per heavy atom. The van der Waals surface area contributed by atoms with Crippen LogP contribution in [0.3, 0.4) is 0 Å². The van der Waals surface area contributed by atoms with Crippen LogP contribution in [0, 0.1) is 6.92 Å². The quantitative estimate of drug-likeness (QED) is 0.631. The normalized spacial score (nSPS) is 10.6. The Morgan fingerprint density at radius 3 is 2.00 bits per heavy atom. The van der Waals surface area contributed by atoms with Gasteiger partial charge >= 0.3 is 0 Å². The zero-order chi connectivity index (χ0) is 14.2. The third kappa shape index (κ3) is 2.90. The minimum atomic E-state index is -0.310. The van der Waals surface area contributed by atoms with Gasteiger partial charge in [0, 0.05) is 10.6 Å². The molecular weight excluding hydrogens is 326 g/mol. The maximum Gasteiger partial charge on any atom is 0.197 e. The number of ketones is 1. The molecule has 98 valence electrons. The number of hydrogen-bond donors (Lipinski definition) is 0. The van der Waals surface area contributed by atoms with E-state index in [0.29, 0.717) is 15.6 Å². The Balaban J connectivity index is 2.64. The Hall–Kier alpha value is -0.730. The van der Waals surface area contributed by atoms with Gasteiger partial charge in [0.15, 0.2) is 5.78 Å². The SMILES string of the molecule is Cc1cccc(Cl)c1C(=O)c1c(Cl)cc(Cl)cc1Cl.